The van der Waals surface area contributed by atoms with E-state index in [2.05, 4.69) is 4.98 Å². The molecular weight excluding hydrogens is 269 g/mol. The van der Waals surface area contributed by atoms with Crippen molar-refractivity contribution in [2.24, 2.45) is 0 Å². The highest BCUT2D eigenvalue weighted by Gasteiger charge is 2.13. The zero-order chi connectivity index (χ0) is 12.7. The van der Waals surface area contributed by atoms with Gasteiger partial charge in [-0.25, -0.2) is 4.98 Å². The zero-order valence-corrected chi connectivity index (χ0v) is 10.8. The Morgan fingerprint density at radius 1 is 1.11 bits per heavy atom. The molecule has 3 nitrogen and oxygen atoms in total. The number of nitrogen functional groups attached to an aromatic ring is 1. The van der Waals surface area contributed by atoms with E-state index in [9.17, 15) is 0 Å². The molecule has 3 aromatic rings. The molecule has 0 unspecified atom stereocenters. The molecule has 0 aliphatic carbocycles. The van der Waals surface area contributed by atoms with Crippen LogP contribution in [0.2, 0.25) is 10.0 Å². The highest BCUT2D eigenvalue weighted by molar-refractivity contribution is 6.36. The summed E-state index contributed by atoms with van der Waals surface area (Å²) < 4.78 is 1.70. The maximum absolute atomic E-state index is 6.11. The van der Waals surface area contributed by atoms with E-state index in [-0.39, 0.29) is 0 Å². The number of fused-ring (bicyclic) bond motifs is 1. The molecule has 0 fully saturated rings. The van der Waals surface area contributed by atoms with Crippen LogP contribution < -0.4 is 5.73 Å². The molecule has 0 atom stereocenters. The van der Waals surface area contributed by atoms with Gasteiger partial charge < -0.3 is 5.73 Å². The van der Waals surface area contributed by atoms with Crippen LogP contribution in [0.5, 0.6) is 0 Å². The van der Waals surface area contributed by atoms with Gasteiger partial charge in [0.2, 0.25) is 0 Å². The summed E-state index contributed by atoms with van der Waals surface area (Å²) in [5.41, 5.74) is 8.36. The van der Waals surface area contributed by atoms with E-state index in [0.717, 1.165) is 5.56 Å². The fraction of sp³-hybridized carbons (Fsp3) is 0. The number of nitrogens with zero attached hydrogens (tertiary/aromatic N) is 2. The maximum atomic E-state index is 6.11. The fourth-order valence-electron chi connectivity index (χ4n) is 1.90. The monoisotopic (exact) mass is 277 g/mol. The second-order valence-electron chi connectivity index (χ2n) is 3.91. The molecule has 90 valence electrons. The van der Waals surface area contributed by atoms with Crippen LogP contribution in [0, 0.1) is 0 Å². The Morgan fingerprint density at radius 2 is 1.83 bits per heavy atom. The molecule has 0 radical (unpaired) electrons. The third-order valence-corrected chi connectivity index (χ3v) is 3.21. The van der Waals surface area contributed by atoms with Gasteiger partial charge in [-0.2, -0.15) is 0 Å². The number of aromatic nitrogens is 2. The van der Waals surface area contributed by atoms with Gasteiger partial charge in [0.25, 0.3) is 0 Å². The van der Waals surface area contributed by atoms with Crippen LogP contribution in [0.15, 0.2) is 42.6 Å². The minimum Gasteiger partial charge on any atom is -0.383 e. The number of nitrogens with two attached hydrogens (primary N) is 1. The van der Waals surface area contributed by atoms with Crippen molar-refractivity contribution in [1.82, 2.24) is 9.38 Å². The molecule has 0 aliphatic rings. The average molecular weight is 278 g/mol. The highest BCUT2D eigenvalue weighted by Crippen LogP contribution is 2.30. The Bertz CT molecular complexity index is 720. The van der Waals surface area contributed by atoms with Gasteiger partial charge in [-0.05, 0) is 6.07 Å². The molecule has 1 aromatic carbocycles. The van der Waals surface area contributed by atoms with Crippen LogP contribution >= 0.6 is 23.2 Å². The summed E-state index contributed by atoms with van der Waals surface area (Å²) in [7, 11) is 0. The third-order valence-electron chi connectivity index (χ3n) is 2.73. The summed E-state index contributed by atoms with van der Waals surface area (Å²) in [5.74, 6) is 0.528. The van der Waals surface area contributed by atoms with Gasteiger partial charge in [0.1, 0.15) is 11.5 Å². The number of pyridine rings is 1. The molecule has 2 aromatic heterocycles. The summed E-state index contributed by atoms with van der Waals surface area (Å²) >= 11 is 12.1. The van der Waals surface area contributed by atoms with Crippen LogP contribution in [0.4, 0.5) is 5.82 Å². The van der Waals surface area contributed by atoms with Crippen molar-refractivity contribution in [3.8, 4) is 11.3 Å². The van der Waals surface area contributed by atoms with Crippen LogP contribution in [-0.4, -0.2) is 9.38 Å². The molecular formula is C13H9Cl2N3. The van der Waals surface area contributed by atoms with E-state index in [1.54, 1.807) is 16.7 Å². The van der Waals surface area contributed by atoms with Gasteiger partial charge in [0.15, 0.2) is 5.65 Å². The number of hydrogen-bond acceptors (Lipinski definition) is 2. The second-order valence-corrected chi connectivity index (χ2v) is 4.76. The molecule has 18 heavy (non-hydrogen) atoms. The summed E-state index contributed by atoms with van der Waals surface area (Å²) in [6.45, 7) is 0. The van der Waals surface area contributed by atoms with Gasteiger partial charge in [0.05, 0.1) is 10.0 Å². The Hall–Kier alpha value is -1.71. The van der Waals surface area contributed by atoms with Crippen LogP contribution in [-0.2, 0) is 0 Å². The smallest absolute Gasteiger partial charge is 0.158 e. The minimum atomic E-state index is 0.483. The lowest BCUT2D eigenvalue weighted by atomic mass is 10.1. The molecule has 0 bridgehead atoms. The minimum absolute atomic E-state index is 0.483. The number of imidazole rings is 1. The fourth-order valence-corrected chi connectivity index (χ4v) is 2.41. The molecule has 0 saturated heterocycles. The summed E-state index contributed by atoms with van der Waals surface area (Å²) in [6.07, 6.45) is 1.71. The molecule has 2 N–H and O–H groups in total. The Kier molecular flexibility index (Phi) is 2.65. The molecule has 2 heterocycles. The second kappa shape index (κ2) is 4.19. The van der Waals surface area contributed by atoms with Crippen molar-refractivity contribution in [3.05, 3.63) is 52.6 Å². The zero-order valence-electron chi connectivity index (χ0n) is 9.27. The average Bonchev–Trinajstić information content (AvgIpc) is 2.69. The lowest BCUT2D eigenvalue weighted by molar-refractivity contribution is 1.20. The van der Waals surface area contributed by atoms with Gasteiger partial charge in [-0.1, -0.05) is 53.5 Å². The topological polar surface area (TPSA) is 43.3 Å². The van der Waals surface area contributed by atoms with Crippen molar-refractivity contribution in [2.45, 2.75) is 0 Å². The molecule has 0 aliphatic heterocycles. The SMILES string of the molecule is Nc1c(-c2ccccc2)nc2c(Cl)cc(Cl)cn12. The summed E-state index contributed by atoms with van der Waals surface area (Å²) in [5, 5.41) is 1.01. The van der Waals surface area contributed by atoms with Crippen molar-refractivity contribution in [2.75, 3.05) is 5.73 Å². The summed E-state index contributed by atoms with van der Waals surface area (Å²) in [6, 6.07) is 11.4. The standard InChI is InChI=1S/C13H9Cl2N3/c14-9-6-10(15)13-17-11(12(16)18(13)7-9)8-4-2-1-3-5-8/h1-7H,16H2. The Morgan fingerprint density at radius 3 is 2.56 bits per heavy atom. The van der Waals surface area contributed by atoms with Gasteiger partial charge in [0, 0.05) is 11.8 Å². The highest BCUT2D eigenvalue weighted by atomic mass is 35.5. The molecule has 0 spiro atoms. The van der Waals surface area contributed by atoms with Gasteiger partial charge in [-0.3, -0.25) is 4.40 Å². The van der Waals surface area contributed by atoms with Crippen molar-refractivity contribution < 1.29 is 0 Å². The van der Waals surface area contributed by atoms with Gasteiger partial charge >= 0.3 is 0 Å². The predicted molar refractivity (Wildman–Crippen MR) is 75.1 cm³/mol. The normalized spacial score (nSPS) is 11.0. The third kappa shape index (κ3) is 1.72. The first-order valence-electron chi connectivity index (χ1n) is 5.35. The van der Waals surface area contributed by atoms with E-state index < -0.39 is 0 Å². The van der Waals surface area contributed by atoms with E-state index in [0.29, 0.717) is 27.2 Å². The molecule has 0 amide bonds. The van der Waals surface area contributed by atoms with Crippen LogP contribution in [0.25, 0.3) is 16.9 Å². The first kappa shape index (κ1) is 11.4. The Labute approximate surface area is 114 Å². The van der Waals surface area contributed by atoms with E-state index in [4.69, 9.17) is 28.9 Å². The number of hydrogen-bond donors (Lipinski definition) is 1. The number of benzene rings is 1. The maximum Gasteiger partial charge on any atom is 0.158 e. The number of rotatable bonds is 1. The molecule has 0 saturated carbocycles. The van der Waals surface area contributed by atoms with E-state index in [1.165, 1.54) is 0 Å². The first-order chi connectivity index (χ1) is 8.66. The Balaban J connectivity index is 2.33. The quantitative estimate of drug-likeness (QED) is 0.733. The first-order valence-corrected chi connectivity index (χ1v) is 6.10. The molecule has 3 rings (SSSR count). The van der Waals surface area contributed by atoms with E-state index in [1.807, 2.05) is 30.3 Å². The van der Waals surface area contributed by atoms with Crippen molar-refractivity contribution in [1.29, 1.82) is 0 Å². The lowest BCUT2D eigenvalue weighted by Gasteiger charge is -2.00. The molecule has 5 heteroatoms. The van der Waals surface area contributed by atoms with Crippen LogP contribution in [0.1, 0.15) is 0 Å². The predicted octanol–water partition coefficient (Wildman–Crippen LogP) is 3.89. The number of anilines is 1. The summed E-state index contributed by atoms with van der Waals surface area (Å²) in [4.78, 5) is 4.47. The van der Waals surface area contributed by atoms with Gasteiger partial charge in [-0.15, -0.1) is 0 Å². The van der Waals surface area contributed by atoms with E-state index >= 15 is 0 Å². The largest absolute Gasteiger partial charge is 0.383 e. The van der Waals surface area contributed by atoms with Crippen LogP contribution in [0.3, 0.4) is 0 Å². The lowest BCUT2D eigenvalue weighted by Crippen LogP contribution is -1.94. The number of halogens is 2. The van der Waals surface area contributed by atoms with Crippen molar-refractivity contribution in [3.63, 3.8) is 0 Å². The van der Waals surface area contributed by atoms with Crippen molar-refractivity contribution >= 4 is 34.7 Å².